The standard InChI is InChI=1S/C24H33N5O5S/c1-13(2)20(24(33)34)29-23(32)19(12-35)28-22(31)18(27-21(30)17-8-5-9-25-17)10-14-11-26-16-7-4-3-6-15(14)16/h3-4,6-7,11,13,17-20,25-26,35H,5,8-10,12H2,1-2H3,(H,27,30)(H,28,31)(H,29,32)(H,33,34). The quantitative estimate of drug-likeness (QED) is 0.223. The van der Waals surface area contributed by atoms with Crippen LogP contribution < -0.4 is 21.3 Å². The predicted molar refractivity (Wildman–Crippen MR) is 135 cm³/mol. The average molecular weight is 504 g/mol. The van der Waals surface area contributed by atoms with Crippen LogP contribution in [0.5, 0.6) is 0 Å². The Morgan fingerprint density at radius 1 is 1.09 bits per heavy atom. The number of carbonyl (C=O) groups is 4. The number of carbonyl (C=O) groups excluding carboxylic acids is 3. The van der Waals surface area contributed by atoms with Gasteiger partial charge in [0.2, 0.25) is 17.7 Å². The second kappa shape index (κ2) is 12.1. The van der Waals surface area contributed by atoms with E-state index in [4.69, 9.17) is 0 Å². The maximum absolute atomic E-state index is 13.3. The molecule has 0 radical (unpaired) electrons. The number of fused-ring (bicyclic) bond motifs is 1. The second-order valence-electron chi connectivity index (χ2n) is 9.09. The lowest BCUT2D eigenvalue weighted by Gasteiger charge is -2.25. The lowest BCUT2D eigenvalue weighted by molar-refractivity contribution is -0.143. The molecule has 11 heteroatoms. The minimum atomic E-state index is -1.16. The monoisotopic (exact) mass is 503 g/mol. The SMILES string of the molecule is CC(C)C(NC(=O)C(CS)NC(=O)C(Cc1c[nH]c2ccccc12)NC(=O)C1CCCN1)C(=O)O. The molecule has 4 atom stereocenters. The van der Waals surface area contributed by atoms with E-state index in [2.05, 4.69) is 38.9 Å². The second-order valence-corrected chi connectivity index (χ2v) is 9.45. The fourth-order valence-electron chi connectivity index (χ4n) is 4.14. The molecule has 1 aromatic heterocycles. The summed E-state index contributed by atoms with van der Waals surface area (Å²) in [6.07, 6.45) is 3.56. The van der Waals surface area contributed by atoms with E-state index in [0.717, 1.165) is 29.4 Å². The third-order valence-electron chi connectivity index (χ3n) is 6.15. The van der Waals surface area contributed by atoms with Crippen LogP contribution in [-0.2, 0) is 25.6 Å². The van der Waals surface area contributed by atoms with Gasteiger partial charge >= 0.3 is 5.97 Å². The zero-order valence-corrected chi connectivity index (χ0v) is 20.7. The van der Waals surface area contributed by atoms with Gasteiger partial charge in [-0.25, -0.2) is 4.79 Å². The number of aliphatic carboxylic acids is 1. The van der Waals surface area contributed by atoms with E-state index < -0.39 is 35.9 Å². The molecule has 10 nitrogen and oxygen atoms in total. The molecule has 3 rings (SSSR count). The Morgan fingerprint density at radius 3 is 2.43 bits per heavy atom. The van der Waals surface area contributed by atoms with Crippen LogP contribution >= 0.6 is 12.6 Å². The highest BCUT2D eigenvalue weighted by Gasteiger charge is 2.32. The number of aromatic amines is 1. The summed E-state index contributed by atoms with van der Waals surface area (Å²) in [6.45, 7) is 4.09. The zero-order valence-electron chi connectivity index (χ0n) is 19.8. The summed E-state index contributed by atoms with van der Waals surface area (Å²) in [4.78, 5) is 53.5. The molecule has 0 saturated carbocycles. The zero-order chi connectivity index (χ0) is 25.5. The molecule has 2 aromatic rings. The van der Waals surface area contributed by atoms with Crippen molar-refractivity contribution in [3.8, 4) is 0 Å². The van der Waals surface area contributed by atoms with Gasteiger partial charge in [-0.15, -0.1) is 0 Å². The van der Waals surface area contributed by atoms with Gasteiger partial charge in [-0.05, 0) is 36.9 Å². The van der Waals surface area contributed by atoms with Crippen LogP contribution in [0.1, 0.15) is 32.3 Å². The summed E-state index contributed by atoms with van der Waals surface area (Å²) in [5.74, 6) is -3.02. The number of rotatable bonds is 11. The highest BCUT2D eigenvalue weighted by Crippen LogP contribution is 2.19. The van der Waals surface area contributed by atoms with Crippen molar-refractivity contribution < 1.29 is 24.3 Å². The minimum absolute atomic E-state index is 0.0417. The fourth-order valence-corrected chi connectivity index (χ4v) is 4.40. The van der Waals surface area contributed by atoms with Gasteiger partial charge in [0.15, 0.2) is 0 Å². The van der Waals surface area contributed by atoms with Crippen molar-refractivity contribution >= 4 is 47.2 Å². The van der Waals surface area contributed by atoms with E-state index in [0.29, 0.717) is 6.42 Å². The van der Waals surface area contributed by atoms with Crippen molar-refractivity contribution in [1.82, 2.24) is 26.3 Å². The largest absolute Gasteiger partial charge is 0.480 e. The van der Waals surface area contributed by atoms with Gasteiger partial charge in [0.1, 0.15) is 18.1 Å². The molecule has 1 aliphatic rings. The van der Waals surface area contributed by atoms with Gasteiger partial charge in [0.25, 0.3) is 0 Å². The summed E-state index contributed by atoms with van der Waals surface area (Å²) in [5.41, 5.74) is 1.75. The van der Waals surface area contributed by atoms with Gasteiger partial charge in [-0.3, -0.25) is 14.4 Å². The Kier molecular flexibility index (Phi) is 9.16. The number of hydrogen-bond donors (Lipinski definition) is 7. The number of nitrogens with one attached hydrogen (secondary N) is 5. The summed E-state index contributed by atoms with van der Waals surface area (Å²) >= 11 is 4.18. The third kappa shape index (κ3) is 6.76. The number of H-pyrrole nitrogens is 1. The molecular formula is C24H33N5O5S. The number of aromatic nitrogens is 1. The van der Waals surface area contributed by atoms with Crippen molar-refractivity contribution in [1.29, 1.82) is 0 Å². The number of benzene rings is 1. The Morgan fingerprint density at radius 2 is 1.80 bits per heavy atom. The smallest absolute Gasteiger partial charge is 0.326 e. The summed E-state index contributed by atoms with van der Waals surface area (Å²) in [7, 11) is 0. The third-order valence-corrected chi connectivity index (χ3v) is 6.52. The van der Waals surface area contributed by atoms with Crippen LogP contribution in [0.3, 0.4) is 0 Å². The molecule has 2 heterocycles. The van der Waals surface area contributed by atoms with Crippen molar-refractivity contribution in [3.05, 3.63) is 36.0 Å². The Labute approximate surface area is 209 Å². The maximum atomic E-state index is 13.3. The fraction of sp³-hybridized carbons (Fsp3) is 0.500. The lowest BCUT2D eigenvalue weighted by atomic mass is 10.0. The first-order valence-corrected chi connectivity index (χ1v) is 12.4. The maximum Gasteiger partial charge on any atom is 0.326 e. The predicted octanol–water partition coefficient (Wildman–Crippen LogP) is 0.587. The number of carboxylic acid groups (broad SMARTS) is 1. The first-order valence-electron chi connectivity index (χ1n) is 11.7. The molecule has 4 unspecified atom stereocenters. The molecule has 35 heavy (non-hydrogen) atoms. The molecule has 0 aliphatic carbocycles. The van der Waals surface area contributed by atoms with Crippen molar-refractivity contribution in [3.63, 3.8) is 0 Å². The highest BCUT2D eigenvalue weighted by molar-refractivity contribution is 7.80. The Balaban J connectivity index is 1.77. The van der Waals surface area contributed by atoms with Crippen LogP contribution in [0.4, 0.5) is 0 Å². The van der Waals surface area contributed by atoms with E-state index in [1.807, 2.05) is 24.3 Å². The van der Waals surface area contributed by atoms with Gasteiger partial charge in [-0.1, -0.05) is 32.0 Å². The summed E-state index contributed by atoms with van der Waals surface area (Å²) in [6, 6.07) is 4.15. The van der Waals surface area contributed by atoms with E-state index in [1.165, 1.54) is 0 Å². The summed E-state index contributed by atoms with van der Waals surface area (Å²) in [5, 5.41) is 21.4. The number of amides is 3. The van der Waals surface area contributed by atoms with Crippen molar-refractivity contribution in [2.75, 3.05) is 12.3 Å². The molecule has 1 aliphatic heterocycles. The van der Waals surface area contributed by atoms with Crippen molar-refractivity contribution in [2.24, 2.45) is 5.92 Å². The molecule has 190 valence electrons. The van der Waals surface area contributed by atoms with Crippen LogP contribution in [0.2, 0.25) is 0 Å². The number of carboxylic acids is 1. The molecule has 0 spiro atoms. The molecule has 6 N–H and O–H groups in total. The van der Waals surface area contributed by atoms with E-state index in [9.17, 15) is 24.3 Å². The minimum Gasteiger partial charge on any atom is -0.480 e. The normalized spacial score (nSPS) is 18.1. The first kappa shape index (κ1) is 26.6. The van der Waals surface area contributed by atoms with Gasteiger partial charge in [-0.2, -0.15) is 12.6 Å². The average Bonchev–Trinajstić information content (AvgIpc) is 3.50. The Bertz CT molecular complexity index is 1070. The lowest BCUT2D eigenvalue weighted by Crippen LogP contribution is -2.58. The van der Waals surface area contributed by atoms with E-state index >= 15 is 0 Å². The van der Waals surface area contributed by atoms with Crippen LogP contribution in [0.25, 0.3) is 10.9 Å². The van der Waals surface area contributed by atoms with Gasteiger partial charge in [0, 0.05) is 29.3 Å². The molecule has 3 amide bonds. The van der Waals surface area contributed by atoms with E-state index in [1.54, 1.807) is 20.0 Å². The molecule has 1 saturated heterocycles. The summed E-state index contributed by atoms with van der Waals surface area (Å²) < 4.78 is 0. The Hall–Kier alpha value is -3.05. The van der Waals surface area contributed by atoms with Crippen LogP contribution in [0.15, 0.2) is 30.5 Å². The van der Waals surface area contributed by atoms with Crippen LogP contribution in [-0.4, -0.2) is 70.2 Å². The molecule has 0 bridgehead atoms. The first-order chi connectivity index (χ1) is 16.7. The number of thiol groups is 1. The van der Waals surface area contributed by atoms with Crippen molar-refractivity contribution in [2.45, 2.75) is 57.3 Å². The van der Waals surface area contributed by atoms with Gasteiger partial charge < -0.3 is 31.4 Å². The molecular weight excluding hydrogens is 470 g/mol. The van der Waals surface area contributed by atoms with Gasteiger partial charge in [0.05, 0.1) is 6.04 Å². The number of para-hydroxylation sites is 1. The molecule has 1 aromatic carbocycles. The number of hydrogen-bond acceptors (Lipinski definition) is 6. The van der Waals surface area contributed by atoms with Crippen LogP contribution in [0, 0.1) is 5.92 Å². The molecule has 1 fully saturated rings. The highest BCUT2D eigenvalue weighted by atomic mass is 32.1. The van der Waals surface area contributed by atoms with E-state index in [-0.39, 0.29) is 30.0 Å². The topological polar surface area (TPSA) is 152 Å².